The Hall–Kier alpha value is -4.85. The maximum Gasteiger partial charge on any atom is 0.410 e. The topological polar surface area (TPSA) is 105 Å². The summed E-state index contributed by atoms with van der Waals surface area (Å²) in [5.41, 5.74) is 4.74. The van der Waals surface area contributed by atoms with E-state index in [2.05, 4.69) is 21.0 Å². The van der Waals surface area contributed by atoms with Crippen molar-refractivity contribution < 1.29 is 19.1 Å². The fourth-order valence-electron chi connectivity index (χ4n) is 5.35. The van der Waals surface area contributed by atoms with Gasteiger partial charge in [-0.3, -0.25) is 14.6 Å². The van der Waals surface area contributed by atoms with Crippen LogP contribution < -0.4 is 0 Å². The van der Waals surface area contributed by atoms with Crippen LogP contribution in [0.15, 0.2) is 72.9 Å². The van der Waals surface area contributed by atoms with Crippen LogP contribution in [0.3, 0.4) is 0 Å². The summed E-state index contributed by atoms with van der Waals surface area (Å²) in [6, 6.07) is 21.0. The van der Waals surface area contributed by atoms with E-state index >= 15 is 0 Å². The number of ether oxygens (including phenoxy) is 1. The summed E-state index contributed by atoms with van der Waals surface area (Å²) < 4.78 is 5.53. The lowest BCUT2D eigenvalue weighted by atomic mass is 9.94. The molecule has 2 aromatic heterocycles. The van der Waals surface area contributed by atoms with Crippen molar-refractivity contribution in [3.63, 3.8) is 0 Å². The molecule has 0 spiro atoms. The molecule has 6 rings (SSSR count). The second-order valence-electron chi connectivity index (χ2n) is 11.8. The average Bonchev–Trinajstić information content (AvgIpc) is 3.38. The van der Waals surface area contributed by atoms with E-state index in [0.717, 1.165) is 27.5 Å². The maximum absolute atomic E-state index is 13.4. The zero-order chi connectivity index (χ0) is 29.4. The molecular weight excluding hydrogens is 528 g/mol. The number of Topliss-reactive ketones (excluding diaryl/α,β-unsaturated/α-hetero) is 2. The molecule has 1 amide bonds. The number of imidazole rings is 1. The monoisotopic (exact) mass is 560 g/mol. The van der Waals surface area contributed by atoms with Crippen molar-refractivity contribution in [3.05, 3.63) is 107 Å². The predicted molar refractivity (Wildman–Crippen MR) is 161 cm³/mol. The van der Waals surface area contributed by atoms with Gasteiger partial charge in [0.15, 0.2) is 11.6 Å². The Labute approximate surface area is 243 Å². The summed E-state index contributed by atoms with van der Waals surface area (Å²) in [5.74, 6) is 0.299. The van der Waals surface area contributed by atoms with Crippen LogP contribution in [-0.2, 0) is 30.5 Å². The lowest BCUT2D eigenvalue weighted by Crippen LogP contribution is -2.39. The molecule has 0 fully saturated rings. The van der Waals surface area contributed by atoms with Crippen LogP contribution in [0, 0.1) is 0 Å². The van der Waals surface area contributed by atoms with Gasteiger partial charge < -0.3 is 14.6 Å². The molecule has 3 aromatic carbocycles. The number of amides is 1. The van der Waals surface area contributed by atoms with E-state index in [0.29, 0.717) is 47.6 Å². The lowest BCUT2D eigenvalue weighted by Gasteiger charge is -2.31. The van der Waals surface area contributed by atoms with Gasteiger partial charge in [-0.2, -0.15) is 0 Å². The summed E-state index contributed by atoms with van der Waals surface area (Å²) in [6.07, 6.45) is 2.38. The van der Waals surface area contributed by atoms with Gasteiger partial charge in [-0.25, -0.2) is 9.78 Å². The van der Waals surface area contributed by atoms with Crippen LogP contribution in [-0.4, -0.2) is 49.7 Å². The minimum atomic E-state index is -0.538. The van der Waals surface area contributed by atoms with Crippen LogP contribution in [0.5, 0.6) is 0 Å². The van der Waals surface area contributed by atoms with Gasteiger partial charge in [0.2, 0.25) is 0 Å². The molecular formula is C34H32N4O4. The molecule has 0 aliphatic carbocycles. The number of fused-ring (bicyclic) bond motifs is 3. The fraction of sp³-hybridized carbons (Fsp3) is 0.265. The van der Waals surface area contributed by atoms with Crippen molar-refractivity contribution in [1.82, 2.24) is 19.9 Å². The third-order valence-electron chi connectivity index (χ3n) is 7.41. The number of para-hydroxylation sites is 1. The summed E-state index contributed by atoms with van der Waals surface area (Å²) in [6.45, 7) is 6.64. The van der Waals surface area contributed by atoms with Crippen molar-refractivity contribution in [2.24, 2.45) is 0 Å². The smallest absolute Gasteiger partial charge is 0.410 e. The van der Waals surface area contributed by atoms with E-state index in [-0.39, 0.29) is 30.5 Å². The second kappa shape index (κ2) is 10.9. The molecule has 0 unspecified atom stereocenters. The molecule has 5 aromatic rings. The van der Waals surface area contributed by atoms with Crippen LogP contribution in [0.2, 0.25) is 0 Å². The SMILES string of the molecule is CC(C)(C)OC(=O)N1CCc2cc(CC(=O)c3cccc4[nH]c(CC(=O)c5cc6ccccc6cn5)nc34)ccc2C1. The highest BCUT2D eigenvalue weighted by Crippen LogP contribution is 2.25. The first-order valence-electron chi connectivity index (χ1n) is 14.1. The van der Waals surface area contributed by atoms with Crippen molar-refractivity contribution in [2.75, 3.05) is 6.54 Å². The lowest BCUT2D eigenvalue weighted by molar-refractivity contribution is 0.0224. The average molecular weight is 561 g/mol. The Morgan fingerprint density at radius 2 is 1.71 bits per heavy atom. The molecule has 8 nitrogen and oxygen atoms in total. The van der Waals surface area contributed by atoms with Crippen LogP contribution in [0.1, 0.15) is 64.1 Å². The Morgan fingerprint density at radius 1 is 0.905 bits per heavy atom. The van der Waals surface area contributed by atoms with E-state index in [4.69, 9.17) is 4.74 Å². The van der Waals surface area contributed by atoms with Gasteiger partial charge in [-0.1, -0.05) is 48.5 Å². The summed E-state index contributed by atoms with van der Waals surface area (Å²) in [7, 11) is 0. The highest BCUT2D eigenvalue weighted by Gasteiger charge is 2.26. The molecule has 1 aliphatic rings. The van der Waals surface area contributed by atoms with Gasteiger partial charge in [0.1, 0.15) is 17.1 Å². The number of H-pyrrole nitrogens is 1. The minimum Gasteiger partial charge on any atom is -0.444 e. The Kier molecular flexibility index (Phi) is 7.06. The van der Waals surface area contributed by atoms with E-state index < -0.39 is 5.60 Å². The standard InChI is InChI=1S/C34H32N4O4/c1-34(2,3)42-33(41)38-14-13-23-15-21(11-12-25(23)20-38)16-29(39)26-9-6-10-27-32(26)37-31(36-27)18-30(40)28-17-22-7-4-5-8-24(22)19-35-28/h4-12,15,17,19H,13-14,16,18,20H2,1-3H3,(H,36,37). The van der Waals surface area contributed by atoms with E-state index in [1.807, 2.05) is 69.3 Å². The third kappa shape index (κ3) is 5.79. The number of aromatic nitrogens is 3. The summed E-state index contributed by atoms with van der Waals surface area (Å²) in [5, 5.41) is 1.93. The number of benzene rings is 3. The van der Waals surface area contributed by atoms with E-state index in [9.17, 15) is 14.4 Å². The quantitative estimate of drug-likeness (QED) is 0.246. The molecule has 0 saturated heterocycles. The predicted octanol–water partition coefficient (Wildman–Crippen LogP) is 6.26. The van der Waals surface area contributed by atoms with Gasteiger partial charge in [-0.15, -0.1) is 0 Å². The van der Waals surface area contributed by atoms with Crippen molar-refractivity contribution in [1.29, 1.82) is 0 Å². The number of pyridine rings is 1. The summed E-state index contributed by atoms with van der Waals surface area (Å²) in [4.78, 5) is 52.9. The molecule has 212 valence electrons. The van der Waals surface area contributed by atoms with Crippen molar-refractivity contribution >= 4 is 39.5 Å². The molecule has 8 heteroatoms. The second-order valence-corrected chi connectivity index (χ2v) is 11.8. The first-order valence-corrected chi connectivity index (χ1v) is 14.1. The van der Waals surface area contributed by atoms with Crippen LogP contribution in [0.4, 0.5) is 4.79 Å². The number of carbonyl (C=O) groups excluding carboxylic acids is 3. The number of nitrogens with one attached hydrogen (secondary N) is 1. The Morgan fingerprint density at radius 3 is 2.52 bits per heavy atom. The first kappa shape index (κ1) is 27.3. The van der Waals surface area contributed by atoms with Crippen LogP contribution in [0.25, 0.3) is 21.8 Å². The highest BCUT2D eigenvalue weighted by atomic mass is 16.6. The number of carbonyl (C=O) groups is 3. The van der Waals surface area contributed by atoms with E-state index in [1.165, 1.54) is 0 Å². The number of rotatable bonds is 6. The largest absolute Gasteiger partial charge is 0.444 e. The highest BCUT2D eigenvalue weighted by molar-refractivity contribution is 6.07. The van der Waals surface area contributed by atoms with Gasteiger partial charge >= 0.3 is 6.09 Å². The van der Waals surface area contributed by atoms with Crippen molar-refractivity contribution in [3.8, 4) is 0 Å². The molecule has 42 heavy (non-hydrogen) atoms. The zero-order valence-electron chi connectivity index (χ0n) is 23.9. The number of hydrogen-bond acceptors (Lipinski definition) is 6. The van der Waals surface area contributed by atoms with Gasteiger partial charge in [-0.05, 0) is 67.5 Å². The molecule has 0 bridgehead atoms. The molecule has 0 radical (unpaired) electrons. The molecule has 3 heterocycles. The van der Waals surface area contributed by atoms with Gasteiger partial charge in [0.05, 0.1) is 17.5 Å². The van der Waals surface area contributed by atoms with Crippen LogP contribution >= 0.6 is 0 Å². The third-order valence-corrected chi connectivity index (χ3v) is 7.41. The number of ketones is 2. The van der Waals surface area contributed by atoms with Gasteiger partial charge in [0.25, 0.3) is 0 Å². The first-order chi connectivity index (χ1) is 20.1. The maximum atomic E-state index is 13.4. The van der Waals surface area contributed by atoms with E-state index in [1.54, 1.807) is 23.2 Å². The van der Waals surface area contributed by atoms with Gasteiger partial charge in [0, 0.05) is 36.7 Å². The Bertz CT molecular complexity index is 1850. The number of hydrogen-bond donors (Lipinski definition) is 1. The molecule has 1 aliphatic heterocycles. The molecule has 1 N–H and O–H groups in total. The summed E-state index contributed by atoms with van der Waals surface area (Å²) >= 11 is 0. The minimum absolute atomic E-state index is 0.0488. The molecule has 0 saturated carbocycles. The fourth-order valence-corrected chi connectivity index (χ4v) is 5.35. The Balaban J connectivity index is 1.16. The van der Waals surface area contributed by atoms with Crippen molar-refractivity contribution in [2.45, 2.75) is 52.2 Å². The number of aromatic amines is 1. The zero-order valence-corrected chi connectivity index (χ0v) is 23.9. The number of nitrogens with zero attached hydrogens (tertiary/aromatic N) is 3. The normalized spacial score (nSPS) is 13.3. The molecule has 0 atom stereocenters.